The van der Waals surface area contributed by atoms with Crippen LogP contribution in [-0.4, -0.2) is 17.5 Å². The van der Waals surface area contributed by atoms with E-state index in [0.717, 1.165) is 15.8 Å². The summed E-state index contributed by atoms with van der Waals surface area (Å²) in [6.07, 6.45) is 1.64. The van der Waals surface area contributed by atoms with Gasteiger partial charge in [0, 0.05) is 16.2 Å². The number of amides is 1. The van der Waals surface area contributed by atoms with Gasteiger partial charge in [0.1, 0.15) is 24.1 Å². The van der Waals surface area contributed by atoms with Crippen molar-refractivity contribution in [3.8, 4) is 5.75 Å². The Labute approximate surface area is 118 Å². The van der Waals surface area contributed by atoms with E-state index in [9.17, 15) is 4.79 Å². The van der Waals surface area contributed by atoms with Gasteiger partial charge in [0.05, 0.1) is 0 Å². The van der Waals surface area contributed by atoms with E-state index in [-0.39, 0.29) is 11.8 Å². The first-order chi connectivity index (χ1) is 9.24. The summed E-state index contributed by atoms with van der Waals surface area (Å²) >= 11 is 3.35. The molecule has 1 aromatic heterocycles. The number of rotatable bonds is 2. The summed E-state index contributed by atoms with van der Waals surface area (Å²) in [5.74, 6) is 0.932. The van der Waals surface area contributed by atoms with E-state index in [2.05, 4.69) is 26.2 Å². The second-order valence-electron chi connectivity index (χ2n) is 4.25. The second-order valence-corrected chi connectivity index (χ2v) is 5.17. The number of para-hydroxylation sites is 1. The molecule has 1 atom stereocenters. The molecule has 0 saturated carbocycles. The maximum Gasteiger partial charge on any atom is 0.236 e. The Morgan fingerprint density at radius 3 is 3.05 bits per heavy atom. The van der Waals surface area contributed by atoms with Gasteiger partial charge in [-0.1, -0.05) is 34.1 Å². The van der Waals surface area contributed by atoms with Crippen molar-refractivity contribution in [3.63, 3.8) is 0 Å². The van der Waals surface area contributed by atoms with Crippen molar-refractivity contribution in [2.45, 2.75) is 5.92 Å². The fourth-order valence-electron chi connectivity index (χ4n) is 2.07. The van der Waals surface area contributed by atoms with Crippen LogP contribution in [0.4, 0.5) is 5.82 Å². The van der Waals surface area contributed by atoms with Gasteiger partial charge in [0.25, 0.3) is 0 Å². The highest BCUT2D eigenvalue weighted by Crippen LogP contribution is 2.34. The molecule has 2 heterocycles. The summed E-state index contributed by atoms with van der Waals surface area (Å²) in [5, 5.41) is 2.81. The van der Waals surface area contributed by atoms with Crippen molar-refractivity contribution in [1.29, 1.82) is 0 Å². The molecule has 3 rings (SSSR count). The highest BCUT2D eigenvalue weighted by atomic mass is 79.9. The number of fused-ring (bicyclic) bond motifs is 1. The van der Waals surface area contributed by atoms with Crippen molar-refractivity contribution in [1.82, 2.24) is 4.98 Å². The highest BCUT2D eigenvalue weighted by molar-refractivity contribution is 9.10. The van der Waals surface area contributed by atoms with Gasteiger partial charge in [-0.3, -0.25) is 4.79 Å². The number of halogens is 1. The first-order valence-corrected chi connectivity index (χ1v) is 6.67. The number of hydrogen-bond donors (Lipinski definition) is 1. The maximum atomic E-state index is 12.2. The van der Waals surface area contributed by atoms with E-state index < -0.39 is 0 Å². The molecule has 1 N–H and O–H groups in total. The average molecular weight is 319 g/mol. The Bertz CT molecular complexity index is 630. The summed E-state index contributed by atoms with van der Waals surface area (Å²) in [6, 6.07) is 11.2. The van der Waals surface area contributed by atoms with Gasteiger partial charge in [-0.15, -0.1) is 0 Å². The zero-order chi connectivity index (χ0) is 13.2. The van der Waals surface area contributed by atoms with Crippen molar-refractivity contribution in [2.24, 2.45) is 0 Å². The van der Waals surface area contributed by atoms with Crippen LogP contribution in [0.2, 0.25) is 0 Å². The van der Waals surface area contributed by atoms with E-state index in [1.807, 2.05) is 30.3 Å². The smallest absolute Gasteiger partial charge is 0.236 e. The molecule has 0 bridgehead atoms. The van der Waals surface area contributed by atoms with Gasteiger partial charge in [0.2, 0.25) is 5.91 Å². The molecule has 1 aliphatic rings. The third kappa shape index (κ3) is 2.46. The largest absolute Gasteiger partial charge is 0.492 e. The van der Waals surface area contributed by atoms with Gasteiger partial charge < -0.3 is 10.1 Å². The fourth-order valence-corrected chi connectivity index (χ4v) is 2.40. The van der Waals surface area contributed by atoms with Crippen LogP contribution in [0.25, 0.3) is 0 Å². The van der Waals surface area contributed by atoms with E-state index in [4.69, 9.17) is 4.74 Å². The van der Waals surface area contributed by atoms with E-state index >= 15 is 0 Å². The standard InChI is InChI=1S/C14H11BrN2O2/c15-9-5-6-16-13(7-9)17-14(18)11-8-19-12-4-2-1-3-10(11)12/h1-7,11H,8H2,(H,16,17,18). The lowest BCUT2D eigenvalue weighted by atomic mass is 10.0. The zero-order valence-electron chi connectivity index (χ0n) is 9.97. The molecule has 4 nitrogen and oxygen atoms in total. The third-order valence-corrected chi connectivity index (χ3v) is 3.48. The molecule has 1 aliphatic heterocycles. The second kappa shape index (κ2) is 5.01. The van der Waals surface area contributed by atoms with Crippen LogP contribution in [0.5, 0.6) is 5.75 Å². The number of anilines is 1. The molecular weight excluding hydrogens is 308 g/mol. The molecule has 1 unspecified atom stereocenters. The Kier molecular flexibility index (Phi) is 3.21. The number of aromatic nitrogens is 1. The van der Waals surface area contributed by atoms with Crippen molar-refractivity contribution in [2.75, 3.05) is 11.9 Å². The monoisotopic (exact) mass is 318 g/mol. The minimum Gasteiger partial charge on any atom is -0.492 e. The molecule has 1 amide bonds. The maximum absolute atomic E-state index is 12.2. The topological polar surface area (TPSA) is 51.2 Å². The van der Waals surface area contributed by atoms with Crippen LogP contribution >= 0.6 is 15.9 Å². The highest BCUT2D eigenvalue weighted by Gasteiger charge is 2.30. The average Bonchev–Trinajstić information content (AvgIpc) is 2.82. The molecule has 0 fully saturated rings. The molecular formula is C14H11BrN2O2. The Balaban J connectivity index is 1.79. The molecule has 1 aromatic carbocycles. The van der Waals surface area contributed by atoms with E-state index in [0.29, 0.717) is 12.4 Å². The third-order valence-electron chi connectivity index (χ3n) is 2.99. The van der Waals surface area contributed by atoms with E-state index in [1.54, 1.807) is 12.3 Å². The normalized spacial score (nSPS) is 16.6. The summed E-state index contributed by atoms with van der Waals surface area (Å²) in [6.45, 7) is 0.374. The molecule has 0 radical (unpaired) electrons. The van der Waals surface area contributed by atoms with Crippen LogP contribution in [0, 0.1) is 0 Å². The molecule has 19 heavy (non-hydrogen) atoms. The number of nitrogens with zero attached hydrogens (tertiary/aromatic N) is 1. The number of carbonyl (C=O) groups is 1. The number of benzene rings is 1. The first kappa shape index (κ1) is 12.2. The lowest BCUT2D eigenvalue weighted by molar-refractivity contribution is -0.117. The zero-order valence-corrected chi connectivity index (χ0v) is 11.6. The van der Waals surface area contributed by atoms with Crippen LogP contribution in [0.1, 0.15) is 11.5 Å². The van der Waals surface area contributed by atoms with Crippen molar-refractivity contribution < 1.29 is 9.53 Å². The fraction of sp³-hybridized carbons (Fsp3) is 0.143. The first-order valence-electron chi connectivity index (χ1n) is 5.88. The predicted octanol–water partition coefficient (Wildman–Crippen LogP) is 2.96. The quantitative estimate of drug-likeness (QED) is 0.926. The van der Waals surface area contributed by atoms with Gasteiger partial charge in [-0.05, 0) is 18.2 Å². The summed E-state index contributed by atoms with van der Waals surface area (Å²) < 4.78 is 6.38. The number of pyridine rings is 1. The SMILES string of the molecule is O=C(Nc1cc(Br)ccn1)C1COc2ccccc21. The summed E-state index contributed by atoms with van der Waals surface area (Å²) in [5.41, 5.74) is 0.926. The predicted molar refractivity (Wildman–Crippen MR) is 75.2 cm³/mol. The van der Waals surface area contributed by atoms with Gasteiger partial charge >= 0.3 is 0 Å². The van der Waals surface area contributed by atoms with Crippen molar-refractivity contribution >= 4 is 27.7 Å². The number of nitrogens with one attached hydrogen (secondary N) is 1. The number of hydrogen-bond acceptors (Lipinski definition) is 3. The van der Waals surface area contributed by atoms with Crippen LogP contribution < -0.4 is 10.1 Å². The Morgan fingerprint density at radius 2 is 2.21 bits per heavy atom. The summed E-state index contributed by atoms with van der Waals surface area (Å²) in [4.78, 5) is 16.3. The lowest BCUT2D eigenvalue weighted by Gasteiger charge is -2.09. The molecule has 0 spiro atoms. The van der Waals surface area contributed by atoms with E-state index in [1.165, 1.54) is 0 Å². The molecule has 0 aliphatic carbocycles. The molecule has 5 heteroatoms. The molecule has 2 aromatic rings. The lowest BCUT2D eigenvalue weighted by Crippen LogP contribution is -2.22. The number of carbonyl (C=O) groups excluding carboxylic acids is 1. The Hall–Kier alpha value is -1.88. The summed E-state index contributed by atoms with van der Waals surface area (Å²) in [7, 11) is 0. The van der Waals surface area contributed by atoms with Crippen LogP contribution in [0.15, 0.2) is 47.1 Å². The van der Waals surface area contributed by atoms with Crippen molar-refractivity contribution in [3.05, 3.63) is 52.6 Å². The van der Waals surface area contributed by atoms with Gasteiger partial charge in [0.15, 0.2) is 0 Å². The Morgan fingerprint density at radius 1 is 1.37 bits per heavy atom. The van der Waals surface area contributed by atoms with Gasteiger partial charge in [-0.25, -0.2) is 4.98 Å². The minimum atomic E-state index is -0.281. The molecule has 0 saturated heterocycles. The minimum absolute atomic E-state index is 0.101. The van der Waals surface area contributed by atoms with Crippen LogP contribution in [0.3, 0.4) is 0 Å². The number of ether oxygens (including phenoxy) is 1. The van der Waals surface area contributed by atoms with Crippen LogP contribution in [-0.2, 0) is 4.79 Å². The van der Waals surface area contributed by atoms with Gasteiger partial charge in [-0.2, -0.15) is 0 Å². The molecule has 96 valence electrons.